The number of aromatic hydroxyl groups is 1. The molecule has 0 radical (unpaired) electrons. The Kier molecular flexibility index (Phi) is 4.12. The first-order chi connectivity index (χ1) is 11.7. The van der Waals surface area contributed by atoms with Gasteiger partial charge in [-0.3, -0.25) is 9.88 Å². The lowest BCUT2D eigenvalue weighted by Gasteiger charge is -2.19. The maximum Gasteiger partial charge on any atom is 0.413 e. The van der Waals surface area contributed by atoms with Crippen molar-refractivity contribution in [2.75, 3.05) is 5.32 Å². The number of nitrogens with one attached hydrogen (secondary N) is 1. The maximum absolute atomic E-state index is 11.8. The van der Waals surface area contributed by atoms with Gasteiger partial charge in [0, 0.05) is 17.0 Å². The smallest absolute Gasteiger partial charge is 0.413 e. The minimum Gasteiger partial charge on any atom is -0.494 e. The highest BCUT2D eigenvalue weighted by molar-refractivity contribution is 5.89. The minimum atomic E-state index is -0.573. The lowest BCUT2D eigenvalue weighted by molar-refractivity contribution is 0.0635. The van der Waals surface area contributed by atoms with Crippen LogP contribution in [-0.4, -0.2) is 26.4 Å². The van der Waals surface area contributed by atoms with E-state index in [0.29, 0.717) is 11.5 Å². The number of aryl methyl sites for hydroxylation is 1. The van der Waals surface area contributed by atoms with Crippen molar-refractivity contribution in [3.63, 3.8) is 0 Å². The van der Waals surface area contributed by atoms with E-state index in [-0.39, 0.29) is 5.88 Å². The molecule has 25 heavy (non-hydrogen) atoms. The number of anilines is 1. The normalized spacial score (nSPS) is 11.5. The number of hydrogen-bond donors (Lipinski definition) is 2. The fraction of sp³-hybridized carbons (Fsp3) is 0.263. The molecular formula is C19H21N3O3. The van der Waals surface area contributed by atoms with Crippen LogP contribution in [0, 0.1) is 6.92 Å². The molecule has 2 aromatic heterocycles. The van der Waals surface area contributed by atoms with Crippen LogP contribution in [0.15, 0.2) is 42.6 Å². The van der Waals surface area contributed by atoms with E-state index in [1.807, 2.05) is 37.4 Å². The summed E-state index contributed by atoms with van der Waals surface area (Å²) in [6, 6.07) is 11.1. The summed E-state index contributed by atoms with van der Waals surface area (Å²) in [4.78, 5) is 16.2. The molecule has 0 spiro atoms. The molecule has 0 atom stereocenters. The third-order valence-electron chi connectivity index (χ3n) is 3.64. The molecule has 0 saturated carbocycles. The highest BCUT2D eigenvalue weighted by Gasteiger charge is 2.17. The van der Waals surface area contributed by atoms with Gasteiger partial charge in [-0.05, 0) is 45.9 Å². The van der Waals surface area contributed by atoms with Crippen LogP contribution in [-0.2, 0) is 4.74 Å². The van der Waals surface area contributed by atoms with E-state index in [1.165, 1.54) is 0 Å². The fourth-order valence-corrected chi connectivity index (χ4v) is 2.61. The summed E-state index contributed by atoms with van der Waals surface area (Å²) in [7, 11) is 0. The van der Waals surface area contributed by atoms with Gasteiger partial charge in [0.2, 0.25) is 5.88 Å². The molecule has 0 aliphatic carbocycles. The van der Waals surface area contributed by atoms with E-state index in [2.05, 4.69) is 10.3 Å². The largest absolute Gasteiger partial charge is 0.494 e. The summed E-state index contributed by atoms with van der Waals surface area (Å²) in [5.74, 6) is 0.556. The van der Waals surface area contributed by atoms with Crippen LogP contribution in [0.25, 0.3) is 16.5 Å². The van der Waals surface area contributed by atoms with Crippen molar-refractivity contribution in [1.29, 1.82) is 0 Å². The van der Waals surface area contributed by atoms with Gasteiger partial charge in [0.25, 0.3) is 0 Å². The van der Waals surface area contributed by atoms with Gasteiger partial charge >= 0.3 is 6.09 Å². The van der Waals surface area contributed by atoms with Crippen LogP contribution in [0.1, 0.15) is 26.5 Å². The van der Waals surface area contributed by atoms with E-state index in [4.69, 9.17) is 4.74 Å². The Labute approximate surface area is 146 Å². The fourth-order valence-electron chi connectivity index (χ4n) is 2.61. The molecule has 6 nitrogen and oxygen atoms in total. The Morgan fingerprint density at radius 2 is 1.92 bits per heavy atom. The van der Waals surface area contributed by atoms with Crippen molar-refractivity contribution in [3.05, 3.63) is 48.3 Å². The van der Waals surface area contributed by atoms with Crippen molar-refractivity contribution in [1.82, 2.24) is 9.55 Å². The maximum atomic E-state index is 11.8. The first kappa shape index (κ1) is 16.8. The zero-order valence-electron chi connectivity index (χ0n) is 14.7. The molecule has 0 unspecified atom stereocenters. The average molecular weight is 339 g/mol. The van der Waals surface area contributed by atoms with Gasteiger partial charge in [-0.25, -0.2) is 9.78 Å². The molecule has 0 fully saturated rings. The number of carbonyl (C=O) groups is 1. The van der Waals surface area contributed by atoms with Crippen molar-refractivity contribution < 1.29 is 14.6 Å². The van der Waals surface area contributed by atoms with Gasteiger partial charge in [0.15, 0.2) is 0 Å². The number of rotatable bonds is 2. The van der Waals surface area contributed by atoms with Crippen LogP contribution < -0.4 is 5.32 Å². The predicted molar refractivity (Wildman–Crippen MR) is 97.3 cm³/mol. The average Bonchev–Trinajstić information content (AvgIpc) is 2.83. The Balaban J connectivity index is 1.89. The number of aromatic nitrogens is 2. The number of carbonyl (C=O) groups excluding carboxylic acids is 1. The highest BCUT2D eigenvalue weighted by atomic mass is 16.6. The third kappa shape index (κ3) is 3.57. The van der Waals surface area contributed by atoms with E-state index < -0.39 is 11.7 Å². The molecule has 3 aromatic rings. The molecule has 2 heterocycles. The molecular weight excluding hydrogens is 318 g/mol. The molecule has 0 saturated heterocycles. The Morgan fingerprint density at radius 3 is 2.56 bits per heavy atom. The number of fused-ring (bicyclic) bond motifs is 1. The summed E-state index contributed by atoms with van der Waals surface area (Å²) >= 11 is 0. The summed E-state index contributed by atoms with van der Waals surface area (Å²) in [6.45, 7) is 7.22. The summed E-state index contributed by atoms with van der Waals surface area (Å²) in [6.07, 6.45) is 1.30. The van der Waals surface area contributed by atoms with E-state index in [0.717, 1.165) is 16.5 Å². The second-order valence-corrected chi connectivity index (χ2v) is 6.84. The minimum absolute atomic E-state index is 0.161. The van der Waals surface area contributed by atoms with Gasteiger partial charge in [-0.2, -0.15) is 0 Å². The Bertz CT molecular complexity index is 939. The number of pyridine rings is 1. The number of hydrogen-bond acceptors (Lipinski definition) is 4. The molecule has 2 N–H and O–H groups in total. The standard InChI is InChI=1S/C19H21N3O3/c1-12-15(22-11-13-7-5-6-8-14(13)17(22)23)9-10-16(20-12)21-18(24)25-19(2,3)4/h5-11,23H,1-4H3,(H,20,21,24). The van der Waals surface area contributed by atoms with Gasteiger partial charge in [0.1, 0.15) is 11.4 Å². The van der Waals surface area contributed by atoms with Gasteiger partial charge in [0.05, 0.1) is 11.4 Å². The Hall–Kier alpha value is -3.02. The zero-order valence-corrected chi connectivity index (χ0v) is 14.7. The van der Waals surface area contributed by atoms with Gasteiger partial charge in [-0.15, -0.1) is 0 Å². The zero-order chi connectivity index (χ0) is 18.2. The van der Waals surface area contributed by atoms with Gasteiger partial charge in [-0.1, -0.05) is 18.2 Å². The number of nitrogens with zero attached hydrogens (tertiary/aromatic N) is 2. The van der Waals surface area contributed by atoms with Crippen molar-refractivity contribution >= 4 is 22.7 Å². The second kappa shape index (κ2) is 6.12. The van der Waals surface area contributed by atoms with Crippen LogP contribution in [0.5, 0.6) is 5.88 Å². The van der Waals surface area contributed by atoms with E-state index >= 15 is 0 Å². The number of benzene rings is 1. The van der Waals surface area contributed by atoms with E-state index in [1.54, 1.807) is 37.5 Å². The first-order valence-corrected chi connectivity index (χ1v) is 8.02. The van der Waals surface area contributed by atoms with Crippen molar-refractivity contribution in [2.45, 2.75) is 33.3 Å². The van der Waals surface area contributed by atoms with E-state index in [9.17, 15) is 9.90 Å². The molecule has 0 aliphatic rings. The van der Waals surface area contributed by atoms with Crippen molar-refractivity contribution in [3.8, 4) is 11.6 Å². The predicted octanol–water partition coefficient (Wildman–Crippen LogP) is 4.39. The lowest BCUT2D eigenvalue weighted by Crippen LogP contribution is -2.27. The summed E-state index contributed by atoms with van der Waals surface area (Å²) in [5.41, 5.74) is 0.837. The van der Waals surface area contributed by atoms with Crippen LogP contribution >= 0.6 is 0 Å². The van der Waals surface area contributed by atoms with Gasteiger partial charge < -0.3 is 9.84 Å². The number of amides is 1. The Morgan fingerprint density at radius 1 is 1.20 bits per heavy atom. The molecule has 0 aliphatic heterocycles. The summed E-state index contributed by atoms with van der Waals surface area (Å²) in [5, 5.41) is 14.8. The van der Waals surface area contributed by atoms with Crippen molar-refractivity contribution in [2.24, 2.45) is 0 Å². The topological polar surface area (TPSA) is 76.4 Å². The van der Waals surface area contributed by atoms with Crippen LogP contribution in [0.3, 0.4) is 0 Å². The third-order valence-corrected chi connectivity index (χ3v) is 3.64. The monoisotopic (exact) mass is 339 g/mol. The summed E-state index contributed by atoms with van der Waals surface area (Å²) < 4.78 is 6.90. The molecule has 3 rings (SSSR count). The number of ether oxygens (including phenoxy) is 1. The quantitative estimate of drug-likeness (QED) is 0.726. The SMILES string of the molecule is Cc1nc(NC(=O)OC(C)(C)C)ccc1-n1cc2ccccc2c1O. The van der Waals surface area contributed by atoms with Crippen LogP contribution in [0.2, 0.25) is 0 Å². The molecule has 130 valence electrons. The second-order valence-electron chi connectivity index (χ2n) is 6.84. The molecule has 6 heteroatoms. The highest BCUT2D eigenvalue weighted by Crippen LogP contribution is 2.31. The lowest BCUT2D eigenvalue weighted by atomic mass is 10.2. The molecule has 1 amide bonds. The molecule has 0 bridgehead atoms. The molecule has 1 aromatic carbocycles. The first-order valence-electron chi connectivity index (χ1n) is 8.02. The van der Waals surface area contributed by atoms with Crippen LogP contribution in [0.4, 0.5) is 10.6 Å².